The Hall–Kier alpha value is -15.3. The summed E-state index contributed by atoms with van der Waals surface area (Å²) in [5.41, 5.74) is 21.3. The molecule has 0 amide bonds. The van der Waals surface area contributed by atoms with Crippen LogP contribution in [0.2, 0.25) is 0 Å². The Kier molecular flexibility index (Phi) is 17.1. The number of nitrogens with zero attached hydrogens (tertiary/aromatic N) is 3. The molecule has 3 aliphatic rings. The molecule has 0 fully saturated rings. The number of hydrogen-bond acceptors (Lipinski definition) is 3. The highest BCUT2D eigenvalue weighted by molar-refractivity contribution is 7.88. The Morgan fingerprint density at radius 2 is 0.465 bits per heavy atom. The van der Waals surface area contributed by atoms with Gasteiger partial charge in [-0.2, -0.15) is 0 Å². The summed E-state index contributed by atoms with van der Waals surface area (Å²) in [7, 11) is -9.44. The van der Waals surface area contributed by atoms with Gasteiger partial charge in [-0.05, 0) is 178 Å². The SMILES string of the molecule is O=P1(c2ccccc2)c2cc3c4ccccc4n(-c4ccc(-c5ccccc5)cc4)c3cc2-c2ccc3ccccc3c21.O=P1(c2ccccc2)c2cc3c4ccccc4n(-c4ccc5ccccc5c4)c3cc2-c2ccc3ccccc3c21.O=P1(c2ccccc2)c2cc3c4ccccc4n(-c4ccccc4-c4ccccc4)c3cc2-c2ccc3ccccc3c21. The lowest BCUT2D eigenvalue weighted by Crippen LogP contribution is -2.21. The van der Waals surface area contributed by atoms with Crippen LogP contribution in [0.1, 0.15) is 0 Å². The van der Waals surface area contributed by atoms with Crippen LogP contribution < -0.4 is 47.7 Å². The van der Waals surface area contributed by atoms with Gasteiger partial charge in [0.05, 0.1) is 38.8 Å². The summed E-state index contributed by atoms with van der Waals surface area (Å²) >= 11 is 0. The molecular weight excluding hydrogens is 1600 g/mol. The summed E-state index contributed by atoms with van der Waals surface area (Å²) in [4.78, 5) is 0. The molecule has 0 bridgehead atoms. The van der Waals surface area contributed by atoms with E-state index in [-0.39, 0.29) is 0 Å². The van der Waals surface area contributed by atoms with Crippen molar-refractivity contribution in [2.24, 2.45) is 0 Å². The molecule has 3 atom stereocenters. The number of fused-ring (bicyclic) bond motifs is 25. The maximum absolute atomic E-state index is 15.8. The van der Waals surface area contributed by atoms with E-state index in [0.29, 0.717) is 0 Å². The molecule has 3 unspecified atom stereocenters. The molecule has 6 heterocycles. The molecule has 0 saturated heterocycles. The van der Waals surface area contributed by atoms with E-state index in [2.05, 4.69) is 378 Å². The van der Waals surface area contributed by atoms with Gasteiger partial charge in [-0.1, -0.05) is 376 Å². The van der Waals surface area contributed by atoms with Gasteiger partial charge in [-0.25, -0.2) is 0 Å². The van der Waals surface area contributed by atoms with Gasteiger partial charge in [0.15, 0.2) is 21.4 Å². The van der Waals surface area contributed by atoms with Crippen LogP contribution in [0, 0.1) is 0 Å². The van der Waals surface area contributed by atoms with Gasteiger partial charge < -0.3 is 27.4 Å². The molecule has 0 saturated carbocycles. The van der Waals surface area contributed by atoms with E-state index in [1.165, 1.54) is 38.4 Å². The molecule has 9 heteroatoms. The van der Waals surface area contributed by atoms with Gasteiger partial charge in [-0.3, -0.25) is 0 Å². The Bertz CT molecular complexity index is 8860. The number of rotatable bonds is 8. The number of hydrogen-bond donors (Lipinski definition) is 0. The Balaban J connectivity index is 0.000000104. The lowest BCUT2D eigenvalue weighted by Gasteiger charge is -2.18. The molecule has 0 radical (unpaired) electrons. The second-order valence-electron chi connectivity index (χ2n) is 33.4. The van der Waals surface area contributed by atoms with Crippen molar-refractivity contribution in [3.05, 3.63) is 461 Å². The number of benzene rings is 21. The van der Waals surface area contributed by atoms with Gasteiger partial charge in [-0.15, -0.1) is 0 Å². The van der Waals surface area contributed by atoms with Crippen molar-refractivity contribution in [3.8, 4) is 72.7 Å². The molecule has 0 spiro atoms. The number of para-hydroxylation sites is 4. The van der Waals surface area contributed by atoms with E-state index in [9.17, 15) is 0 Å². The average molecular weight is 1680 g/mol. The summed E-state index contributed by atoms with van der Waals surface area (Å²) < 4.78 is 54.2. The van der Waals surface area contributed by atoms with Crippen LogP contribution in [0.4, 0.5) is 0 Å². The van der Waals surface area contributed by atoms with Crippen LogP contribution in [0.3, 0.4) is 0 Å². The van der Waals surface area contributed by atoms with Crippen molar-refractivity contribution in [2.75, 3.05) is 0 Å². The fourth-order valence-corrected chi connectivity index (χ4v) is 30.9. The lowest BCUT2D eigenvalue weighted by atomic mass is 10.00. The first kappa shape index (κ1) is 74.4. The summed E-state index contributed by atoms with van der Waals surface area (Å²) in [6, 6.07) is 161. The largest absolute Gasteiger partial charge is 0.309 e. The third kappa shape index (κ3) is 11.3. The van der Waals surface area contributed by atoms with Crippen molar-refractivity contribution in [1.82, 2.24) is 13.7 Å². The van der Waals surface area contributed by atoms with Gasteiger partial charge in [0, 0.05) is 97.0 Å². The molecule has 127 heavy (non-hydrogen) atoms. The topological polar surface area (TPSA) is 66.0 Å². The first-order valence-corrected chi connectivity index (χ1v) is 48.4. The molecule has 596 valence electrons. The summed E-state index contributed by atoms with van der Waals surface area (Å²) in [5, 5.41) is 24.1. The molecular formula is C118H76N3O3P3. The fourth-order valence-electron chi connectivity index (χ4n) is 21.1. The van der Waals surface area contributed by atoms with Crippen LogP contribution in [0.25, 0.3) is 181 Å². The van der Waals surface area contributed by atoms with Crippen LogP contribution in [0.5, 0.6) is 0 Å². The van der Waals surface area contributed by atoms with Crippen molar-refractivity contribution in [1.29, 1.82) is 0 Å². The standard InChI is InChI=1S/2C40H26NOP.C38H24NOP/c42-43(29-16-5-2-6-17-29)39-26-34-32-20-10-12-22-37(32)41(36-21-11-9-18-30(36)27-13-3-1-4-14-27)38(34)25-35(39)33-24-23-28-15-7-8-19-31(28)40(33)43;42-43(31-14-5-2-6-15-31)39-26-35-33-17-9-10-18-37(33)41(30-22-19-28(20-23-30)27-11-3-1-4-12-27)38(35)25-36(39)34-24-21-29-13-7-8-16-32(29)40(34)43;40-41(29-13-2-1-3-14-29)37-24-33-31-16-8-9-17-35(31)39(28-20-18-25-10-4-5-12-27(25)22-28)36(33)23-34(37)32-21-19-26-11-6-7-15-30(26)38(32)41/h2*1-26H;1-24H. The predicted molar refractivity (Wildman–Crippen MR) is 538 cm³/mol. The van der Waals surface area contributed by atoms with Crippen molar-refractivity contribution in [2.45, 2.75) is 0 Å². The maximum atomic E-state index is 15.8. The van der Waals surface area contributed by atoms with Gasteiger partial charge in [0.2, 0.25) is 0 Å². The van der Waals surface area contributed by atoms with Gasteiger partial charge >= 0.3 is 0 Å². The first-order valence-electron chi connectivity index (χ1n) is 43.3. The quantitative estimate of drug-likeness (QED) is 0.142. The second-order valence-corrected chi connectivity index (χ2v) is 41.4. The molecule has 0 aliphatic carbocycles. The zero-order valence-corrected chi connectivity index (χ0v) is 71.5. The maximum Gasteiger partial charge on any atom is 0.172 e. The van der Waals surface area contributed by atoms with Gasteiger partial charge in [0.1, 0.15) is 0 Å². The normalized spacial score (nSPS) is 15.7. The van der Waals surface area contributed by atoms with E-state index in [1.54, 1.807) is 0 Å². The minimum absolute atomic E-state index is 0.879. The zero-order chi connectivity index (χ0) is 84.2. The molecule has 27 rings (SSSR count). The van der Waals surface area contributed by atoms with Crippen LogP contribution >= 0.6 is 21.4 Å². The summed E-state index contributed by atoms with van der Waals surface area (Å²) in [5.74, 6) is 0. The Morgan fingerprint density at radius 3 is 0.890 bits per heavy atom. The van der Waals surface area contributed by atoms with E-state index in [4.69, 9.17) is 0 Å². The minimum atomic E-state index is -3.16. The lowest BCUT2D eigenvalue weighted by molar-refractivity contribution is 0.592. The first-order chi connectivity index (χ1) is 62.7. The summed E-state index contributed by atoms with van der Waals surface area (Å²) in [6.45, 7) is 0. The third-order valence-electron chi connectivity index (χ3n) is 26.7. The van der Waals surface area contributed by atoms with Crippen molar-refractivity contribution in [3.63, 3.8) is 0 Å². The van der Waals surface area contributed by atoms with Crippen LogP contribution in [0.15, 0.2) is 461 Å². The van der Waals surface area contributed by atoms with Gasteiger partial charge in [0.25, 0.3) is 0 Å². The molecule has 6 nitrogen and oxygen atoms in total. The monoisotopic (exact) mass is 1680 g/mol. The zero-order valence-electron chi connectivity index (χ0n) is 68.8. The van der Waals surface area contributed by atoms with Crippen molar-refractivity contribution >= 4 is 178 Å². The Morgan fingerprint density at radius 1 is 0.165 bits per heavy atom. The summed E-state index contributed by atoms with van der Waals surface area (Å²) in [6.07, 6.45) is 0. The molecule has 3 aliphatic heterocycles. The van der Waals surface area contributed by atoms with E-state index < -0.39 is 21.4 Å². The molecule has 21 aromatic carbocycles. The predicted octanol–water partition coefficient (Wildman–Crippen LogP) is 27.2. The average Bonchev–Trinajstić information content (AvgIpc) is 1.49. The van der Waals surface area contributed by atoms with Crippen LogP contribution in [-0.4, -0.2) is 13.7 Å². The fraction of sp³-hybridized carbons (Fsp3) is 0. The van der Waals surface area contributed by atoms with E-state index in [1.807, 2.05) is 97.1 Å². The third-order valence-corrected chi connectivity index (χ3v) is 36.3. The highest BCUT2D eigenvalue weighted by Gasteiger charge is 2.46. The smallest absolute Gasteiger partial charge is 0.172 e. The minimum Gasteiger partial charge on any atom is -0.309 e. The molecule has 3 aromatic heterocycles. The van der Waals surface area contributed by atoms with E-state index in [0.717, 1.165) is 191 Å². The second kappa shape index (κ2) is 29.2. The van der Waals surface area contributed by atoms with E-state index >= 15 is 13.7 Å². The van der Waals surface area contributed by atoms with Crippen LogP contribution in [-0.2, 0) is 13.7 Å². The molecule has 0 N–H and O–H groups in total. The highest BCUT2D eigenvalue weighted by Crippen LogP contribution is 2.59. The molecule has 24 aromatic rings. The Labute approximate surface area is 733 Å². The number of aromatic nitrogens is 3. The highest BCUT2D eigenvalue weighted by atomic mass is 31.2. The van der Waals surface area contributed by atoms with Crippen molar-refractivity contribution < 1.29 is 13.7 Å².